The Balaban J connectivity index is 1.38. The molecule has 3 aliphatic rings. The second kappa shape index (κ2) is 5.10. The zero-order chi connectivity index (χ0) is 12.6. The van der Waals surface area contributed by atoms with E-state index in [0.717, 1.165) is 25.7 Å². The van der Waals surface area contributed by atoms with Gasteiger partial charge in [0, 0.05) is 30.5 Å². The fourth-order valence-electron chi connectivity index (χ4n) is 4.23. The maximum Gasteiger partial charge on any atom is 0.0685 e. The standard InChI is InChI=1S/C15H27NO2/c1-15(2)13(12-7-9-18-14(12)15)16-8-10-17-11-5-3-4-6-11/h11-14,16H,3-10H2,1-2H3. The second-order valence-electron chi connectivity index (χ2n) is 6.77. The Morgan fingerprint density at radius 3 is 2.78 bits per heavy atom. The highest BCUT2D eigenvalue weighted by Gasteiger charge is 2.58. The second-order valence-corrected chi connectivity index (χ2v) is 6.77. The van der Waals surface area contributed by atoms with Crippen molar-refractivity contribution in [3.05, 3.63) is 0 Å². The quantitative estimate of drug-likeness (QED) is 0.763. The van der Waals surface area contributed by atoms with Crippen molar-refractivity contribution >= 4 is 0 Å². The van der Waals surface area contributed by atoms with Gasteiger partial charge in [0.1, 0.15) is 0 Å². The van der Waals surface area contributed by atoms with Gasteiger partial charge in [-0.1, -0.05) is 26.7 Å². The van der Waals surface area contributed by atoms with Crippen molar-refractivity contribution in [2.75, 3.05) is 19.8 Å². The molecule has 0 spiro atoms. The molecule has 0 aromatic rings. The van der Waals surface area contributed by atoms with Gasteiger partial charge < -0.3 is 14.8 Å². The fraction of sp³-hybridized carbons (Fsp3) is 1.00. The third kappa shape index (κ3) is 2.21. The van der Waals surface area contributed by atoms with Crippen LogP contribution < -0.4 is 5.32 Å². The molecule has 0 amide bonds. The predicted molar refractivity (Wildman–Crippen MR) is 71.6 cm³/mol. The van der Waals surface area contributed by atoms with Crippen LogP contribution in [0, 0.1) is 11.3 Å². The van der Waals surface area contributed by atoms with E-state index >= 15 is 0 Å². The van der Waals surface area contributed by atoms with Gasteiger partial charge >= 0.3 is 0 Å². The van der Waals surface area contributed by atoms with Gasteiger partial charge in [-0.25, -0.2) is 0 Å². The Morgan fingerprint density at radius 1 is 1.22 bits per heavy atom. The van der Waals surface area contributed by atoms with Crippen LogP contribution in [0.25, 0.3) is 0 Å². The van der Waals surface area contributed by atoms with E-state index in [1.165, 1.54) is 32.1 Å². The molecule has 1 heterocycles. The molecule has 104 valence electrons. The minimum Gasteiger partial charge on any atom is -0.377 e. The average molecular weight is 253 g/mol. The molecule has 0 aromatic carbocycles. The summed E-state index contributed by atoms with van der Waals surface area (Å²) in [6, 6.07) is 0.622. The minimum atomic E-state index is 0.300. The number of hydrogen-bond donors (Lipinski definition) is 1. The number of fused-ring (bicyclic) bond motifs is 1. The first-order valence-corrected chi connectivity index (χ1v) is 7.66. The van der Waals surface area contributed by atoms with Crippen LogP contribution in [0.1, 0.15) is 46.0 Å². The lowest BCUT2D eigenvalue weighted by molar-refractivity contribution is -0.113. The molecule has 0 bridgehead atoms. The summed E-state index contributed by atoms with van der Waals surface area (Å²) < 4.78 is 11.7. The number of ether oxygens (including phenoxy) is 2. The molecule has 3 heteroatoms. The Bertz CT molecular complexity index is 286. The van der Waals surface area contributed by atoms with E-state index in [0.29, 0.717) is 23.7 Å². The number of nitrogens with one attached hydrogen (secondary N) is 1. The van der Waals surface area contributed by atoms with Crippen molar-refractivity contribution in [1.29, 1.82) is 0 Å². The fourth-order valence-corrected chi connectivity index (χ4v) is 4.23. The maximum absolute atomic E-state index is 5.91. The first kappa shape index (κ1) is 12.9. The molecule has 3 nitrogen and oxygen atoms in total. The molecule has 0 radical (unpaired) electrons. The summed E-state index contributed by atoms with van der Waals surface area (Å²) in [5, 5.41) is 3.70. The first-order chi connectivity index (χ1) is 8.69. The first-order valence-electron chi connectivity index (χ1n) is 7.66. The summed E-state index contributed by atoms with van der Waals surface area (Å²) in [7, 11) is 0. The van der Waals surface area contributed by atoms with Crippen molar-refractivity contribution in [2.45, 2.75) is 64.2 Å². The summed E-state index contributed by atoms with van der Waals surface area (Å²) in [6.45, 7) is 7.47. The van der Waals surface area contributed by atoms with E-state index in [1.54, 1.807) is 0 Å². The number of rotatable bonds is 5. The molecule has 1 N–H and O–H groups in total. The van der Waals surface area contributed by atoms with Crippen LogP contribution in [-0.4, -0.2) is 38.0 Å². The molecule has 3 atom stereocenters. The van der Waals surface area contributed by atoms with Gasteiger partial charge in [-0.05, 0) is 19.3 Å². The zero-order valence-corrected chi connectivity index (χ0v) is 11.8. The molecule has 2 aliphatic carbocycles. The van der Waals surface area contributed by atoms with E-state index in [2.05, 4.69) is 19.2 Å². The Hall–Kier alpha value is -0.120. The highest BCUT2D eigenvalue weighted by Crippen LogP contribution is 2.51. The van der Waals surface area contributed by atoms with E-state index in [-0.39, 0.29) is 0 Å². The predicted octanol–water partition coefficient (Wildman–Crippen LogP) is 2.35. The van der Waals surface area contributed by atoms with Crippen molar-refractivity contribution in [2.24, 2.45) is 11.3 Å². The Labute approximate surface area is 111 Å². The van der Waals surface area contributed by atoms with Crippen LogP contribution in [0.4, 0.5) is 0 Å². The third-order valence-electron chi connectivity index (χ3n) is 5.22. The van der Waals surface area contributed by atoms with Crippen molar-refractivity contribution in [3.63, 3.8) is 0 Å². The summed E-state index contributed by atoms with van der Waals surface area (Å²) in [5.41, 5.74) is 0.300. The van der Waals surface area contributed by atoms with Crippen LogP contribution in [-0.2, 0) is 9.47 Å². The Kier molecular flexibility index (Phi) is 3.65. The average Bonchev–Trinajstić information content (AvgIpc) is 2.97. The van der Waals surface area contributed by atoms with Gasteiger partial charge in [-0.3, -0.25) is 0 Å². The van der Waals surface area contributed by atoms with E-state index in [4.69, 9.17) is 9.47 Å². The minimum absolute atomic E-state index is 0.300. The molecule has 3 fully saturated rings. The molecule has 0 aromatic heterocycles. The van der Waals surface area contributed by atoms with Gasteiger partial charge in [-0.2, -0.15) is 0 Å². The lowest BCUT2D eigenvalue weighted by atomic mass is 9.57. The molecule has 3 unspecified atom stereocenters. The molecule has 2 saturated carbocycles. The lowest BCUT2D eigenvalue weighted by Crippen LogP contribution is -2.66. The highest BCUT2D eigenvalue weighted by molar-refractivity contribution is 5.11. The van der Waals surface area contributed by atoms with E-state index < -0.39 is 0 Å². The van der Waals surface area contributed by atoms with Crippen molar-refractivity contribution in [3.8, 4) is 0 Å². The van der Waals surface area contributed by atoms with Gasteiger partial charge in [0.2, 0.25) is 0 Å². The molecular weight excluding hydrogens is 226 g/mol. The summed E-state index contributed by atoms with van der Waals surface area (Å²) in [4.78, 5) is 0. The van der Waals surface area contributed by atoms with Crippen LogP contribution in [0.15, 0.2) is 0 Å². The van der Waals surface area contributed by atoms with E-state index in [1.807, 2.05) is 0 Å². The topological polar surface area (TPSA) is 30.5 Å². The lowest BCUT2D eigenvalue weighted by Gasteiger charge is -2.55. The van der Waals surface area contributed by atoms with Crippen LogP contribution >= 0.6 is 0 Å². The van der Waals surface area contributed by atoms with Crippen molar-refractivity contribution < 1.29 is 9.47 Å². The highest BCUT2D eigenvalue weighted by atomic mass is 16.5. The molecule has 1 aliphatic heterocycles. The Morgan fingerprint density at radius 2 is 2.00 bits per heavy atom. The largest absolute Gasteiger partial charge is 0.377 e. The maximum atomic E-state index is 5.91. The smallest absolute Gasteiger partial charge is 0.0685 e. The molecule has 18 heavy (non-hydrogen) atoms. The van der Waals surface area contributed by atoms with E-state index in [9.17, 15) is 0 Å². The summed E-state index contributed by atoms with van der Waals surface area (Å²) >= 11 is 0. The SMILES string of the molecule is CC1(C)C(NCCOC2CCCC2)C2CCOC21. The summed E-state index contributed by atoms with van der Waals surface area (Å²) in [5.74, 6) is 0.742. The number of hydrogen-bond acceptors (Lipinski definition) is 3. The van der Waals surface area contributed by atoms with Gasteiger partial charge in [0.05, 0.1) is 18.8 Å². The van der Waals surface area contributed by atoms with Crippen molar-refractivity contribution in [1.82, 2.24) is 5.32 Å². The molecule has 1 saturated heterocycles. The van der Waals surface area contributed by atoms with Gasteiger partial charge in [0.25, 0.3) is 0 Å². The van der Waals surface area contributed by atoms with Crippen LogP contribution in [0.2, 0.25) is 0 Å². The molecule has 3 rings (SSSR count). The monoisotopic (exact) mass is 253 g/mol. The zero-order valence-electron chi connectivity index (χ0n) is 11.8. The normalized spacial score (nSPS) is 38.7. The molecular formula is C15H27NO2. The van der Waals surface area contributed by atoms with Gasteiger partial charge in [-0.15, -0.1) is 0 Å². The third-order valence-corrected chi connectivity index (χ3v) is 5.22. The van der Waals surface area contributed by atoms with Crippen LogP contribution in [0.3, 0.4) is 0 Å². The van der Waals surface area contributed by atoms with Crippen LogP contribution in [0.5, 0.6) is 0 Å². The van der Waals surface area contributed by atoms with Gasteiger partial charge in [0.15, 0.2) is 0 Å². The summed E-state index contributed by atoms with van der Waals surface area (Å²) in [6.07, 6.45) is 7.52.